The van der Waals surface area contributed by atoms with Crippen LogP contribution in [-0.2, 0) is 0 Å². The average Bonchev–Trinajstić information content (AvgIpc) is 2.54. The summed E-state index contributed by atoms with van der Waals surface area (Å²) in [5, 5.41) is 3.75. The van der Waals surface area contributed by atoms with Crippen LogP contribution < -0.4 is 15.8 Å². The highest BCUT2D eigenvalue weighted by molar-refractivity contribution is 6.30. The lowest BCUT2D eigenvalue weighted by Gasteiger charge is -2.11. The van der Waals surface area contributed by atoms with E-state index in [-0.39, 0.29) is 5.88 Å². The standard InChI is InChI=1S/C15H12ClN5O/c16-10-3-5-11(6-4-10)21-14-13(17)15(20-9-19-14)22-12-2-1-7-18-8-12/h1-9H,17H2,(H,19,20,21). The highest BCUT2D eigenvalue weighted by atomic mass is 35.5. The van der Waals surface area contributed by atoms with Crippen LogP contribution in [-0.4, -0.2) is 15.0 Å². The van der Waals surface area contributed by atoms with Gasteiger partial charge in [-0.25, -0.2) is 4.98 Å². The maximum atomic E-state index is 6.05. The van der Waals surface area contributed by atoms with Gasteiger partial charge in [0.15, 0.2) is 5.82 Å². The number of ether oxygens (including phenoxy) is 1. The zero-order valence-corrected chi connectivity index (χ0v) is 12.2. The van der Waals surface area contributed by atoms with E-state index < -0.39 is 0 Å². The minimum atomic E-state index is 0.263. The van der Waals surface area contributed by atoms with Crippen molar-refractivity contribution < 1.29 is 4.74 Å². The molecular weight excluding hydrogens is 302 g/mol. The number of anilines is 3. The van der Waals surface area contributed by atoms with E-state index in [1.54, 1.807) is 36.7 Å². The summed E-state index contributed by atoms with van der Waals surface area (Å²) in [5.74, 6) is 1.26. The molecule has 0 amide bonds. The van der Waals surface area contributed by atoms with Gasteiger partial charge in [-0.3, -0.25) is 4.98 Å². The number of benzene rings is 1. The van der Waals surface area contributed by atoms with E-state index in [9.17, 15) is 0 Å². The molecule has 3 N–H and O–H groups in total. The topological polar surface area (TPSA) is 86.0 Å². The Labute approximate surface area is 132 Å². The SMILES string of the molecule is Nc1c(Nc2ccc(Cl)cc2)ncnc1Oc1cccnc1. The summed E-state index contributed by atoms with van der Waals surface area (Å²) in [6.07, 6.45) is 4.61. The van der Waals surface area contributed by atoms with Crippen molar-refractivity contribution in [3.63, 3.8) is 0 Å². The van der Waals surface area contributed by atoms with Crippen molar-refractivity contribution in [2.45, 2.75) is 0 Å². The maximum Gasteiger partial charge on any atom is 0.248 e. The molecule has 0 saturated carbocycles. The van der Waals surface area contributed by atoms with Crippen molar-refractivity contribution >= 4 is 28.8 Å². The predicted octanol–water partition coefficient (Wildman–Crippen LogP) is 3.64. The molecule has 0 aliphatic carbocycles. The number of nitrogen functional groups attached to an aromatic ring is 1. The van der Waals surface area contributed by atoms with E-state index in [4.69, 9.17) is 22.1 Å². The number of aromatic nitrogens is 3. The monoisotopic (exact) mass is 313 g/mol. The van der Waals surface area contributed by atoms with Gasteiger partial charge in [0.05, 0.1) is 6.20 Å². The molecule has 0 radical (unpaired) electrons. The fourth-order valence-corrected chi connectivity index (χ4v) is 1.88. The first kappa shape index (κ1) is 14.1. The minimum absolute atomic E-state index is 0.263. The van der Waals surface area contributed by atoms with Crippen LogP contribution in [0.3, 0.4) is 0 Å². The molecule has 2 aromatic heterocycles. The van der Waals surface area contributed by atoms with Gasteiger partial charge in [-0.05, 0) is 36.4 Å². The van der Waals surface area contributed by atoms with Gasteiger partial charge in [0, 0.05) is 16.9 Å². The molecule has 0 unspecified atom stereocenters. The Bertz CT molecular complexity index is 765. The second kappa shape index (κ2) is 6.28. The van der Waals surface area contributed by atoms with Crippen molar-refractivity contribution in [2.24, 2.45) is 0 Å². The van der Waals surface area contributed by atoms with Gasteiger partial charge >= 0.3 is 0 Å². The van der Waals surface area contributed by atoms with Crippen LogP contribution in [0.1, 0.15) is 0 Å². The highest BCUT2D eigenvalue weighted by Gasteiger charge is 2.10. The number of hydrogen-bond acceptors (Lipinski definition) is 6. The Morgan fingerprint density at radius 3 is 2.64 bits per heavy atom. The molecule has 0 bridgehead atoms. The molecular formula is C15H12ClN5O. The van der Waals surface area contributed by atoms with Crippen LogP contribution >= 0.6 is 11.6 Å². The van der Waals surface area contributed by atoms with Crippen molar-refractivity contribution in [2.75, 3.05) is 11.1 Å². The van der Waals surface area contributed by atoms with Crippen molar-refractivity contribution in [1.29, 1.82) is 0 Å². The molecule has 0 atom stereocenters. The molecule has 0 saturated heterocycles. The second-order valence-corrected chi connectivity index (χ2v) is 4.80. The molecule has 22 heavy (non-hydrogen) atoms. The molecule has 0 aliphatic rings. The van der Waals surface area contributed by atoms with Crippen LogP contribution in [0, 0.1) is 0 Å². The Morgan fingerprint density at radius 2 is 1.91 bits per heavy atom. The van der Waals surface area contributed by atoms with Crippen LogP contribution in [0.5, 0.6) is 11.6 Å². The number of rotatable bonds is 4. The summed E-state index contributed by atoms with van der Waals surface area (Å²) >= 11 is 5.86. The van der Waals surface area contributed by atoms with E-state index in [0.717, 1.165) is 5.69 Å². The third kappa shape index (κ3) is 3.24. The van der Waals surface area contributed by atoms with Crippen LogP contribution in [0.25, 0.3) is 0 Å². The van der Waals surface area contributed by atoms with E-state index in [1.807, 2.05) is 12.1 Å². The lowest BCUT2D eigenvalue weighted by molar-refractivity contribution is 0.462. The molecule has 6 nitrogen and oxygen atoms in total. The molecule has 3 aromatic rings. The Hall–Kier alpha value is -2.86. The number of hydrogen-bond donors (Lipinski definition) is 2. The Morgan fingerprint density at radius 1 is 1.09 bits per heavy atom. The van der Waals surface area contributed by atoms with Crippen LogP contribution in [0.15, 0.2) is 55.1 Å². The molecule has 0 aliphatic heterocycles. The molecule has 7 heteroatoms. The van der Waals surface area contributed by atoms with Gasteiger partial charge in [-0.1, -0.05) is 11.6 Å². The summed E-state index contributed by atoms with van der Waals surface area (Å²) in [5.41, 5.74) is 7.16. The Balaban J connectivity index is 1.84. The van der Waals surface area contributed by atoms with Gasteiger partial charge in [-0.15, -0.1) is 0 Å². The largest absolute Gasteiger partial charge is 0.435 e. The van der Waals surface area contributed by atoms with Crippen LogP contribution in [0.2, 0.25) is 5.02 Å². The number of nitrogens with one attached hydrogen (secondary N) is 1. The summed E-state index contributed by atoms with van der Waals surface area (Å²) in [6.45, 7) is 0. The second-order valence-electron chi connectivity index (χ2n) is 4.36. The van der Waals surface area contributed by atoms with E-state index in [2.05, 4.69) is 20.3 Å². The van der Waals surface area contributed by atoms with Gasteiger partial charge in [0.25, 0.3) is 0 Å². The van der Waals surface area contributed by atoms with Crippen LogP contribution in [0.4, 0.5) is 17.2 Å². The number of nitrogens with two attached hydrogens (primary N) is 1. The van der Waals surface area contributed by atoms with Gasteiger partial charge < -0.3 is 15.8 Å². The van der Waals surface area contributed by atoms with Crippen molar-refractivity contribution in [3.8, 4) is 11.6 Å². The molecule has 1 aromatic carbocycles. The number of nitrogens with zero attached hydrogens (tertiary/aromatic N) is 3. The minimum Gasteiger partial charge on any atom is -0.435 e. The number of halogens is 1. The summed E-state index contributed by atoms with van der Waals surface area (Å²) in [4.78, 5) is 12.1. The van der Waals surface area contributed by atoms with E-state index in [1.165, 1.54) is 6.33 Å². The van der Waals surface area contributed by atoms with Gasteiger partial charge in [0.1, 0.15) is 17.8 Å². The fourth-order valence-electron chi connectivity index (χ4n) is 1.75. The maximum absolute atomic E-state index is 6.05. The summed E-state index contributed by atoms with van der Waals surface area (Å²) < 4.78 is 5.61. The number of pyridine rings is 1. The van der Waals surface area contributed by atoms with Crippen molar-refractivity contribution in [3.05, 3.63) is 60.1 Å². The van der Waals surface area contributed by atoms with E-state index >= 15 is 0 Å². The quantitative estimate of drug-likeness (QED) is 0.764. The smallest absolute Gasteiger partial charge is 0.248 e. The molecule has 110 valence electrons. The average molecular weight is 314 g/mol. The lowest BCUT2D eigenvalue weighted by atomic mass is 10.3. The Kier molecular flexibility index (Phi) is 4.02. The summed E-state index contributed by atoms with van der Waals surface area (Å²) in [6, 6.07) is 10.7. The normalized spacial score (nSPS) is 10.2. The third-order valence-electron chi connectivity index (χ3n) is 2.80. The fraction of sp³-hybridized carbons (Fsp3) is 0. The predicted molar refractivity (Wildman–Crippen MR) is 85.5 cm³/mol. The van der Waals surface area contributed by atoms with E-state index in [0.29, 0.717) is 22.3 Å². The molecule has 0 fully saturated rings. The lowest BCUT2D eigenvalue weighted by Crippen LogP contribution is -2.03. The first-order chi connectivity index (χ1) is 10.7. The van der Waals surface area contributed by atoms with Crippen molar-refractivity contribution in [1.82, 2.24) is 15.0 Å². The molecule has 2 heterocycles. The first-order valence-corrected chi connectivity index (χ1v) is 6.81. The molecule has 0 spiro atoms. The third-order valence-corrected chi connectivity index (χ3v) is 3.06. The zero-order valence-electron chi connectivity index (χ0n) is 11.4. The first-order valence-electron chi connectivity index (χ1n) is 6.43. The highest BCUT2D eigenvalue weighted by Crippen LogP contribution is 2.30. The van der Waals surface area contributed by atoms with Gasteiger partial charge in [-0.2, -0.15) is 4.98 Å². The summed E-state index contributed by atoms with van der Waals surface area (Å²) in [7, 11) is 0. The van der Waals surface area contributed by atoms with Gasteiger partial charge in [0.2, 0.25) is 5.88 Å². The zero-order chi connectivity index (χ0) is 15.4. The molecule has 3 rings (SSSR count).